The third kappa shape index (κ3) is 5.44. The van der Waals surface area contributed by atoms with E-state index >= 15 is 0 Å². The van der Waals surface area contributed by atoms with Crippen molar-refractivity contribution < 1.29 is 4.79 Å². The van der Waals surface area contributed by atoms with Crippen LogP contribution in [0.1, 0.15) is 41.7 Å². The van der Waals surface area contributed by atoms with E-state index in [1.54, 1.807) is 0 Å². The number of likely N-dealkylation sites (tertiary alicyclic amines) is 1. The molecule has 0 spiro atoms. The van der Waals surface area contributed by atoms with Crippen molar-refractivity contribution in [3.05, 3.63) is 71.4 Å². The first-order chi connectivity index (χ1) is 17.5. The minimum Gasteiger partial charge on any atom is -0.369 e. The van der Waals surface area contributed by atoms with Crippen LogP contribution in [-0.4, -0.2) is 70.9 Å². The molecule has 1 aromatic heterocycles. The van der Waals surface area contributed by atoms with Gasteiger partial charge in [0.05, 0.1) is 0 Å². The van der Waals surface area contributed by atoms with E-state index < -0.39 is 0 Å². The van der Waals surface area contributed by atoms with Crippen molar-refractivity contribution in [2.24, 2.45) is 5.14 Å². The van der Waals surface area contributed by atoms with Crippen LogP contribution in [0.2, 0.25) is 5.02 Å². The molecule has 36 heavy (non-hydrogen) atoms. The highest BCUT2D eigenvalue weighted by atomic mass is 35.5. The minimum atomic E-state index is 0.101. The third-order valence-electron chi connectivity index (χ3n) is 7.56. The Labute approximate surface area is 222 Å². The van der Waals surface area contributed by atoms with E-state index in [2.05, 4.69) is 32.3 Å². The number of nitrogens with zero attached hydrogens (tertiary/aromatic N) is 3. The number of rotatable bonds is 7. The summed E-state index contributed by atoms with van der Waals surface area (Å²) in [5.74, 6) is 0.101. The number of nitrogens with one attached hydrogen (secondary N) is 1. The minimum absolute atomic E-state index is 0.101. The van der Waals surface area contributed by atoms with E-state index in [0.717, 1.165) is 85.6 Å². The SMILES string of the molecule is C=C(c1ccccc1SN)N1CCN(CC[C@H]2CCCCN2C(=O)c2cc3cc(Cl)ccc3[nH]2)CC1. The molecule has 3 heterocycles. The van der Waals surface area contributed by atoms with Crippen LogP contribution in [0, 0.1) is 0 Å². The van der Waals surface area contributed by atoms with E-state index in [1.807, 2.05) is 42.5 Å². The summed E-state index contributed by atoms with van der Waals surface area (Å²) in [6.45, 7) is 10.1. The van der Waals surface area contributed by atoms with Crippen LogP contribution in [0.25, 0.3) is 16.6 Å². The largest absolute Gasteiger partial charge is 0.369 e. The van der Waals surface area contributed by atoms with E-state index in [0.29, 0.717) is 10.7 Å². The summed E-state index contributed by atoms with van der Waals surface area (Å²) in [4.78, 5) is 24.8. The standard InChI is InChI=1S/C28H34ClN5OS/c1-20(24-7-2-3-8-27(24)36-30)33-16-14-32(15-17-33)13-11-23-6-4-5-12-34(23)28(35)26-19-21-18-22(29)9-10-25(21)31-26/h2-3,7-10,18-19,23,31H,1,4-6,11-17,30H2/t23-/m1/s1. The van der Waals surface area contributed by atoms with Gasteiger partial charge < -0.3 is 14.8 Å². The highest BCUT2D eigenvalue weighted by molar-refractivity contribution is 7.97. The van der Waals surface area contributed by atoms with Crippen molar-refractivity contribution in [2.75, 3.05) is 39.3 Å². The molecular formula is C28H34ClN5OS. The number of carbonyl (C=O) groups excluding carboxylic acids is 1. The van der Waals surface area contributed by atoms with Gasteiger partial charge in [-0.2, -0.15) is 0 Å². The highest BCUT2D eigenvalue weighted by Crippen LogP contribution is 2.28. The van der Waals surface area contributed by atoms with E-state index in [4.69, 9.17) is 16.7 Å². The summed E-state index contributed by atoms with van der Waals surface area (Å²) in [6, 6.07) is 16.1. The Morgan fingerprint density at radius 2 is 1.89 bits per heavy atom. The topological polar surface area (TPSA) is 68.6 Å². The summed E-state index contributed by atoms with van der Waals surface area (Å²) in [6.07, 6.45) is 4.33. The number of hydrogen-bond acceptors (Lipinski definition) is 5. The average molecular weight is 524 g/mol. The fraction of sp³-hybridized carbons (Fsp3) is 0.393. The molecule has 0 aliphatic carbocycles. The molecule has 8 heteroatoms. The summed E-state index contributed by atoms with van der Waals surface area (Å²) >= 11 is 7.41. The Hall–Kier alpha value is -2.45. The van der Waals surface area contributed by atoms with Crippen molar-refractivity contribution in [1.29, 1.82) is 0 Å². The maximum atomic E-state index is 13.4. The quantitative estimate of drug-likeness (QED) is 0.402. The van der Waals surface area contributed by atoms with E-state index in [-0.39, 0.29) is 11.9 Å². The normalized spacial score (nSPS) is 19.1. The number of H-pyrrole nitrogens is 1. The Balaban J connectivity index is 1.17. The molecule has 1 amide bonds. The molecule has 0 bridgehead atoms. The molecule has 5 rings (SSSR count). The van der Waals surface area contributed by atoms with Crippen molar-refractivity contribution in [2.45, 2.75) is 36.6 Å². The Morgan fingerprint density at radius 3 is 2.69 bits per heavy atom. The second-order valence-electron chi connectivity index (χ2n) is 9.74. The van der Waals surface area contributed by atoms with Gasteiger partial charge in [-0.3, -0.25) is 14.8 Å². The molecule has 1 atom stereocenters. The summed E-state index contributed by atoms with van der Waals surface area (Å²) in [5, 5.41) is 7.52. The van der Waals surface area contributed by atoms with Gasteiger partial charge in [0.1, 0.15) is 5.69 Å². The van der Waals surface area contributed by atoms with Crippen molar-refractivity contribution in [3.63, 3.8) is 0 Å². The van der Waals surface area contributed by atoms with E-state index in [9.17, 15) is 4.79 Å². The fourth-order valence-corrected chi connectivity index (χ4v) is 6.14. The number of benzene rings is 2. The number of halogens is 1. The second kappa shape index (κ2) is 11.3. The van der Waals surface area contributed by atoms with Crippen molar-refractivity contribution in [3.8, 4) is 0 Å². The first-order valence-corrected chi connectivity index (χ1v) is 14.0. The lowest BCUT2D eigenvalue weighted by Crippen LogP contribution is -2.48. The fourth-order valence-electron chi connectivity index (χ4n) is 5.49. The molecule has 2 aromatic carbocycles. The van der Waals surface area contributed by atoms with Gasteiger partial charge in [-0.1, -0.05) is 36.4 Å². The molecule has 2 aliphatic rings. The Bertz CT molecular complexity index is 1240. The molecule has 0 saturated carbocycles. The van der Waals surface area contributed by atoms with Gasteiger partial charge in [0.15, 0.2) is 0 Å². The molecular weight excluding hydrogens is 490 g/mol. The summed E-state index contributed by atoms with van der Waals surface area (Å²) in [7, 11) is 0. The van der Waals surface area contributed by atoms with Crippen LogP contribution >= 0.6 is 23.5 Å². The first kappa shape index (κ1) is 25.2. The maximum absolute atomic E-state index is 13.4. The third-order valence-corrected chi connectivity index (χ3v) is 8.40. The van der Waals surface area contributed by atoms with Gasteiger partial charge in [0.25, 0.3) is 5.91 Å². The molecule has 2 fully saturated rings. The number of aromatic amines is 1. The van der Waals surface area contributed by atoms with Crippen LogP contribution in [-0.2, 0) is 0 Å². The van der Waals surface area contributed by atoms with Crippen LogP contribution in [0.5, 0.6) is 0 Å². The van der Waals surface area contributed by atoms with Gasteiger partial charge in [0.2, 0.25) is 0 Å². The van der Waals surface area contributed by atoms with Gasteiger partial charge in [-0.15, -0.1) is 0 Å². The molecule has 3 aromatic rings. The predicted octanol–water partition coefficient (Wildman–Crippen LogP) is 5.46. The zero-order valence-corrected chi connectivity index (χ0v) is 22.2. The number of carbonyl (C=O) groups is 1. The Kier molecular flexibility index (Phi) is 7.91. The second-order valence-corrected chi connectivity index (χ2v) is 10.9. The van der Waals surface area contributed by atoms with Crippen molar-refractivity contribution in [1.82, 2.24) is 19.7 Å². The summed E-state index contributed by atoms with van der Waals surface area (Å²) < 4.78 is 0. The number of amides is 1. The lowest BCUT2D eigenvalue weighted by Gasteiger charge is -2.40. The average Bonchev–Trinajstić information content (AvgIpc) is 3.35. The zero-order valence-electron chi connectivity index (χ0n) is 20.6. The monoisotopic (exact) mass is 523 g/mol. The smallest absolute Gasteiger partial charge is 0.270 e. The van der Waals surface area contributed by atoms with Gasteiger partial charge in [0, 0.05) is 77.4 Å². The predicted molar refractivity (Wildman–Crippen MR) is 150 cm³/mol. The number of hydrogen-bond donors (Lipinski definition) is 2. The lowest BCUT2D eigenvalue weighted by atomic mass is 9.98. The maximum Gasteiger partial charge on any atom is 0.270 e. The molecule has 0 unspecified atom stereocenters. The molecule has 3 N–H and O–H groups in total. The van der Waals surface area contributed by atoms with Crippen LogP contribution in [0.15, 0.2) is 60.0 Å². The molecule has 2 saturated heterocycles. The molecule has 6 nitrogen and oxygen atoms in total. The van der Waals surface area contributed by atoms with E-state index in [1.165, 1.54) is 18.4 Å². The number of fused-ring (bicyclic) bond motifs is 1. The number of piperazine rings is 1. The number of aromatic nitrogens is 1. The molecule has 0 radical (unpaired) electrons. The molecule has 190 valence electrons. The molecule has 2 aliphatic heterocycles. The van der Waals surface area contributed by atoms with Crippen LogP contribution in [0.4, 0.5) is 0 Å². The summed E-state index contributed by atoms with van der Waals surface area (Å²) in [5.41, 5.74) is 3.77. The van der Waals surface area contributed by atoms with Crippen LogP contribution in [0.3, 0.4) is 0 Å². The van der Waals surface area contributed by atoms with Gasteiger partial charge in [-0.25, -0.2) is 0 Å². The zero-order chi connectivity index (χ0) is 25.1. The van der Waals surface area contributed by atoms with Crippen LogP contribution < -0.4 is 5.14 Å². The number of nitrogens with two attached hydrogens (primary N) is 1. The van der Waals surface area contributed by atoms with Gasteiger partial charge >= 0.3 is 0 Å². The van der Waals surface area contributed by atoms with Crippen molar-refractivity contribution >= 4 is 46.1 Å². The first-order valence-electron chi connectivity index (χ1n) is 12.7. The lowest BCUT2D eigenvalue weighted by molar-refractivity contribution is 0.0568. The van der Waals surface area contributed by atoms with Gasteiger partial charge in [-0.05, 0) is 68.0 Å². The highest BCUT2D eigenvalue weighted by Gasteiger charge is 2.29. The Morgan fingerprint density at radius 1 is 1.08 bits per heavy atom. The number of piperidine rings is 1.